The van der Waals surface area contributed by atoms with Gasteiger partial charge in [-0.2, -0.15) is 9.61 Å². The molecule has 22 heavy (non-hydrogen) atoms. The van der Waals surface area contributed by atoms with E-state index in [1.165, 1.54) is 12.8 Å². The summed E-state index contributed by atoms with van der Waals surface area (Å²) in [5.41, 5.74) is 0. The minimum Gasteiger partial charge on any atom is -0.343 e. The number of nitrogens with zero attached hydrogens (tertiary/aromatic N) is 5. The van der Waals surface area contributed by atoms with E-state index in [2.05, 4.69) is 29.1 Å². The number of hydrogen-bond donors (Lipinski definition) is 0. The molecule has 1 aliphatic rings. The van der Waals surface area contributed by atoms with Crippen LogP contribution in [0.5, 0.6) is 0 Å². The second-order valence-electron chi connectivity index (χ2n) is 5.90. The zero-order valence-electron chi connectivity index (χ0n) is 13.3. The summed E-state index contributed by atoms with van der Waals surface area (Å²) in [5.74, 6) is 1.76. The van der Waals surface area contributed by atoms with Gasteiger partial charge in [0.2, 0.25) is 10.9 Å². The lowest BCUT2D eigenvalue weighted by molar-refractivity contribution is -0.131. The summed E-state index contributed by atoms with van der Waals surface area (Å²) in [7, 11) is 0. The van der Waals surface area contributed by atoms with E-state index in [9.17, 15) is 4.79 Å². The summed E-state index contributed by atoms with van der Waals surface area (Å²) < 4.78 is 1.87. The number of aryl methyl sites for hydroxylation is 1. The highest BCUT2D eigenvalue weighted by molar-refractivity contribution is 7.16. The fourth-order valence-electron chi connectivity index (χ4n) is 2.64. The molecule has 0 saturated heterocycles. The Labute approximate surface area is 134 Å². The van der Waals surface area contributed by atoms with Crippen LogP contribution >= 0.6 is 11.3 Å². The number of rotatable bonds is 8. The smallest absolute Gasteiger partial charge is 0.234 e. The Hall–Kier alpha value is -1.50. The van der Waals surface area contributed by atoms with Crippen LogP contribution < -0.4 is 0 Å². The zero-order chi connectivity index (χ0) is 15.5. The van der Waals surface area contributed by atoms with E-state index in [1.54, 1.807) is 11.3 Å². The van der Waals surface area contributed by atoms with Gasteiger partial charge in [-0.05, 0) is 25.7 Å². The van der Waals surface area contributed by atoms with Crippen LogP contribution in [0.25, 0.3) is 4.96 Å². The van der Waals surface area contributed by atoms with E-state index in [0.717, 1.165) is 41.7 Å². The van der Waals surface area contributed by atoms with Crippen LogP contribution in [0.1, 0.15) is 62.7 Å². The highest BCUT2D eigenvalue weighted by Crippen LogP contribution is 2.39. The van der Waals surface area contributed by atoms with Gasteiger partial charge < -0.3 is 4.90 Å². The highest BCUT2D eigenvalue weighted by atomic mass is 32.1. The van der Waals surface area contributed by atoms with E-state index in [4.69, 9.17) is 0 Å². The highest BCUT2D eigenvalue weighted by Gasteiger charge is 2.30. The van der Waals surface area contributed by atoms with Crippen molar-refractivity contribution in [3.05, 3.63) is 10.8 Å². The molecule has 0 atom stereocenters. The minimum atomic E-state index is 0.233. The van der Waals surface area contributed by atoms with Crippen molar-refractivity contribution in [2.45, 2.75) is 58.3 Å². The van der Waals surface area contributed by atoms with Crippen LogP contribution in [0.4, 0.5) is 0 Å². The molecule has 0 radical (unpaired) electrons. The third-order valence-electron chi connectivity index (χ3n) is 3.89. The average molecular weight is 321 g/mol. The Morgan fingerprint density at radius 2 is 2.00 bits per heavy atom. The summed E-state index contributed by atoms with van der Waals surface area (Å²) in [6.07, 6.45) is 5.62. The molecule has 1 amide bonds. The number of carbonyl (C=O) groups excluding carboxylic acids is 1. The lowest BCUT2D eigenvalue weighted by Gasteiger charge is -2.21. The van der Waals surface area contributed by atoms with Crippen LogP contribution in [0, 0.1) is 0 Å². The maximum Gasteiger partial charge on any atom is 0.234 e. The Balaban J connectivity index is 1.61. The van der Waals surface area contributed by atoms with Gasteiger partial charge in [-0.15, -0.1) is 10.2 Å². The van der Waals surface area contributed by atoms with Crippen LogP contribution in [-0.4, -0.2) is 43.7 Å². The molecule has 2 heterocycles. The summed E-state index contributed by atoms with van der Waals surface area (Å²) in [6, 6.07) is 0. The van der Waals surface area contributed by atoms with Crippen LogP contribution in [0.3, 0.4) is 0 Å². The van der Waals surface area contributed by atoms with E-state index in [1.807, 2.05) is 9.42 Å². The summed E-state index contributed by atoms with van der Waals surface area (Å²) in [4.78, 5) is 15.1. The lowest BCUT2D eigenvalue weighted by atomic mass is 10.2. The topological polar surface area (TPSA) is 63.4 Å². The van der Waals surface area contributed by atoms with Gasteiger partial charge in [-0.25, -0.2) is 0 Å². The molecule has 0 aromatic carbocycles. The Bertz CT molecular complexity index is 639. The van der Waals surface area contributed by atoms with Gasteiger partial charge in [0.25, 0.3) is 0 Å². The first kappa shape index (κ1) is 15.4. The molecule has 1 aliphatic carbocycles. The first-order valence-electron chi connectivity index (χ1n) is 8.21. The summed E-state index contributed by atoms with van der Waals surface area (Å²) >= 11 is 1.55. The number of hydrogen-bond acceptors (Lipinski definition) is 5. The van der Waals surface area contributed by atoms with Crippen LogP contribution in [-0.2, 0) is 11.2 Å². The van der Waals surface area contributed by atoms with E-state index < -0.39 is 0 Å². The van der Waals surface area contributed by atoms with E-state index in [0.29, 0.717) is 18.8 Å². The lowest BCUT2D eigenvalue weighted by Crippen LogP contribution is -2.32. The molecule has 0 aliphatic heterocycles. The normalized spacial score (nSPS) is 14.6. The van der Waals surface area contributed by atoms with Gasteiger partial charge in [-0.1, -0.05) is 25.2 Å². The monoisotopic (exact) mass is 321 g/mol. The van der Waals surface area contributed by atoms with Gasteiger partial charge in [0.05, 0.1) is 0 Å². The molecule has 0 N–H and O–H groups in total. The molecule has 0 unspecified atom stereocenters. The Kier molecular flexibility index (Phi) is 4.71. The molecule has 0 spiro atoms. The first-order valence-corrected chi connectivity index (χ1v) is 9.03. The van der Waals surface area contributed by atoms with Crippen molar-refractivity contribution in [2.75, 3.05) is 13.1 Å². The Morgan fingerprint density at radius 1 is 1.27 bits per heavy atom. The van der Waals surface area contributed by atoms with Gasteiger partial charge in [0.15, 0.2) is 5.82 Å². The van der Waals surface area contributed by atoms with Gasteiger partial charge in [-0.3, -0.25) is 4.79 Å². The SMILES string of the molecule is CCCN(CCC)C(=O)CCc1nn2c(C3CC3)nnc2s1. The van der Waals surface area contributed by atoms with E-state index in [-0.39, 0.29) is 5.91 Å². The molecule has 120 valence electrons. The van der Waals surface area contributed by atoms with Crippen molar-refractivity contribution in [2.24, 2.45) is 0 Å². The molecular weight excluding hydrogens is 298 g/mol. The van der Waals surface area contributed by atoms with Crippen molar-refractivity contribution < 1.29 is 4.79 Å². The standard InChI is InChI=1S/C15H23N5OS/c1-3-9-19(10-4-2)13(21)8-7-12-18-20-14(11-5-6-11)16-17-15(20)22-12/h11H,3-10H2,1-2H3. The fraction of sp³-hybridized carbons (Fsp3) is 0.733. The zero-order valence-corrected chi connectivity index (χ0v) is 14.1. The molecule has 1 saturated carbocycles. The predicted molar refractivity (Wildman–Crippen MR) is 86.1 cm³/mol. The van der Waals surface area contributed by atoms with Crippen LogP contribution in [0.2, 0.25) is 0 Å². The van der Waals surface area contributed by atoms with E-state index >= 15 is 0 Å². The van der Waals surface area contributed by atoms with Gasteiger partial charge in [0, 0.05) is 31.8 Å². The number of amides is 1. The molecule has 2 aromatic rings. The second kappa shape index (κ2) is 6.73. The largest absolute Gasteiger partial charge is 0.343 e. The molecule has 1 fully saturated rings. The molecule has 0 bridgehead atoms. The Morgan fingerprint density at radius 3 is 2.64 bits per heavy atom. The van der Waals surface area contributed by atoms with Gasteiger partial charge in [0.1, 0.15) is 5.01 Å². The first-order chi connectivity index (χ1) is 10.7. The fourth-order valence-corrected chi connectivity index (χ4v) is 3.48. The minimum absolute atomic E-state index is 0.233. The molecule has 6 nitrogen and oxygen atoms in total. The van der Waals surface area contributed by atoms with Crippen molar-refractivity contribution in [3.63, 3.8) is 0 Å². The molecule has 3 rings (SSSR count). The van der Waals surface area contributed by atoms with Crippen molar-refractivity contribution >= 4 is 22.2 Å². The summed E-state index contributed by atoms with van der Waals surface area (Å²) in [6.45, 7) is 5.92. The number of aromatic nitrogens is 4. The molecule has 7 heteroatoms. The second-order valence-corrected chi connectivity index (χ2v) is 6.94. The molecule has 2 aromatic heterocycles. The average Bonchev–Trinajstić information content (AvgIpc) is 3.14. The van der Waals surface area contributed by atoms with Crippen molar-refractivity contribution in [1.29, 1.82) is 0 Å². The predicted octanol–water partition coefficient (Wildman–Crippen LogP) is 2.64. The third-order valence-corrected chi connectivity index (χ3v) is 4.85. The molecular formula is C15H23N5OS. The maximum absolute atomic E-state index is 12.3. The van der Waals surface area contributed by atoms with Gasteiger partial charge >= 0.3 is 0 Å². The van der Waals surface area contributed by atoms with Crippen molar-refractivity contribution in [1.82, 2.24) is 24.7 Å². The number of fused-ring (bicyclic) bond motifs is 1. The maximum atomic E-state index is 12.3. The quantitative estimate of drug-likeness (QED) is 0.750. The summed E-state index contributed by atoms with van der Waals surface area (Å²) in [5, 5.41) is 14.0. The third kappa shape index (κ3) is 3.29. The number of carbonyl (C=O) groups is 1. The van der Waals surface area contributed by atoms with Crippen LogP contribution in [0.15, 0.2) is 0 Å². The van der Waals surface area contributed by atoms with Crippen molar-refractivity contribution in [3.8, 4) is 0 Å².